The Morgan fingerprint density at radius 3 is 2.25 bits per heavy atom. The number of hydrogen-bond donors (Lipinski definition) is 1. The van der Waals surface area contributed by atoms with Crippen LogP contribution in [0.5, 0.6) is 0 Å². The zero-order chi connectivity index (χ0) is 14.5. The number of halogens is 2. The van der Waals surface area contributed by atoms with Gasteiger partial charge in [-0.3, -0.25) is 0 Å². The summed E-state index contributed by atoms with van der Waals surface area (Å²) in [6, 6.07) is 3.12. The quantitative estimate of drug-likeness (QED) is 0.893. The summed E-state index contributed by atoms with van der Waals surface area (Å²) in [6.45, 7) is 2.99. The largest absolute Gasteiger partial charge is 0.364 e. The molecule has 0 spiro atoms. The second-order valence-electron chi connectivity index (χ2n) is 5.52. The third-order valence-corrected chi connectivity index (χ3v) is 4.15. The highest BCUT2D eigenvalue weighted by Gasteiger charge is 2.25. The number of nitrogens with zero attached hydrogens (tertiary/aromatic N) is 1. The molecule has 0 atom stereocenters. The van der Waals surface area contributed by atoms with Crippen LogP contribution in [-0.2, 0) is 6.42 Å². The smallest absolute Gasteiger partial charge is 0.149 e. The van der Waals surface area contributed by atoms with E-state index in [9.17, 15) is 8.78 Å². The summed E-state index contributed by atoms with van der Waals surface area (Å²) in [5.74, 6) is -0.915. The Hall–Kier alpha value is -1.16. The second kappa shape index (κ2) is 7.02. The van der Waals surface area contributed by atoms with Gasteiger partial charge in [0.1, 0.15) is 17.3 Å². The first-order valence-corrected chi connectivity index (χ1v) is 7.62. The van der Waals surface area contributed by atoms with Gasteiger partial charge in [-0.2, -0.15) is 0 Å². The van der Waals surface area contributed by atoms with E-state index in [1.165, 1.54) is 18.6 Å². The average molecular weight is 282 g/mol. The van der Waals surface area contributed by atoms with Crippen molar-refractivity contribution in [3.05, 3.63) is 29.3 Å². The Morgan fingerprint density at radius 1 is 1.15 bits per heavy atom. The van der Waals surface area contributed by atoms with Gasteiger partial charge in [0.15, 0.2) is 0 Å². The highest BCUT2D eigenvalue weighted by atomic mass is 19.1. The predicted octanol–water partition coefficient (Wildman–Crippen LogP) is 3.63. The fraction of sp³-hybridized carbons (Fsp3) is 0.625. The van der Waals surface area contributed by atoms with Crippen molar-refractivity contribution in [3.8, 4) is 0 Å². The first kappa shape index (κ1) is 15.2. The Bertz CT molecular complexity index is 419. The van der Waals surface area contributed by atoms with E-state index in [1.807, 2.05) is 11.8 Å². The van der Waals surface area contributed by atoms with Crippen LogP contribution in [0.4, 0.5) is 14.5 Å². The predicted molar refractivity (Wildman–Crippen MR) is 79.0 cm³/mol. The van der Waals surface area contributed by atoms with Gasteiger partial charge in [0, 0.05) is 12.6 Å². The van der Waals surface area contributed by atoms with Crippen molar-refractivity contribution < 1.29 is 8.78 Å². The van der Waals surface area contributed by atoms with Gasteiger partial charge in [0.2, 0.25) is 0 Å². The molecule has 2 N–H and O–H groups in total. The van der Waals surface area contributed by atoms with Crippen molar-refractivity contribution in [1.29, 1.82) is 0 Å². The number of rotatable bonds is 5. The Morgan fingerprint density at radius 2 is 1.75 bits per heavy atom. The Balaban J connectivity index is 2.28. The van der Waals surface area contributed by atoms with E-state index < -0.39 is 11.6 Å². The molecule has 1 aromatic rings. The molecule has 2 rings (SSSR count). The lowest BCUT2D eigenvalue weighted by Gasteiger charge is -2.35. The molecular formula is C16H24F2N2. The summed E-state index contributed by atoms with van der Waals surface area (Å²) in [5.41, 5.74) is 6.22. The summed E-state index contributed by atoms with van der Waals surface area (Å²) < 4.78 is 28.6. The zero-order valence-corrected chi connectivity index (χ0v) is 12.2. The van der Waals surface area contributed by atoms with Gasteiger partial charge >= 0.3 is 0 Å². The lowest BCUT2D eigenvalue weighted by atomic mass is 9.93. The van der Waals surface area contributed by atoms with Crippen LogP contribution in [0.2, 0.25) is 0 Å². The molecule has 0 heterocycles. The standard InChI is InChI=1S/C16H24F2N2/c1-2-20(13-6-4-3-5-7-13)16-14(17)10-12(8-9-19)11-15(16)18/h10-11,13H,2-9,19H2,1H3. The van der Waals surface area contributed by atoms with E-state index in [-0.39, 0.29) is 11.7 Å². The minimum atomic E-state index is -0.458. The average Bonchev–Trinajstić information content (AvgIpc) is 2.44. The summed E-state index contributed by atoms with van der Waals surface area (Å²) in [4.78, 5) is 1.90. The van der Waals surface area contributed by atoms with Crippen molar-refractivity contribution in [2.45, 2.75) is 51.5 Å². The van der Waals surface area contributed by atoms with Gasteiger partial charge in [0.25, 0.3) is 0 Å². The van der Waals surface area contributed by atoms with Gasteiger partial charge in [0.05, 0.1) is 0 Å². The number of benzene rings is 1. The van der Waals surface area contributed by atoms with Crippen molar-refractivity contribution in [3.63, 3.8) is 0 Å². The maximum absolute atomic E-state index is 14.3. The third-order valence-electron chi connectivity index (χ3n) is 4.15. The molecule has 0 radical (unpaired) electrons. The first-order chi connectivity index (χ1) is 9.67. The van der Waals surface area contributed by atoms with Gasteiger partial charge in [-0.1, -0.05) is 19.3 Å². The molecule has 0 amide bonds. The van der Waals surface area contributed by atoms with Crippen LogP contribution in [0.15, 0.2) is 12.1 Å². The molecule has 0 saturated heterocycles. The molecule has 4 heteroatoms. The van der Waals surface area contributed by atoms with Crippen LogP contribution in [0, 0.1) is 11.6 Å². The van der Waals surface area contributed by atoms with Crippen LogP contribution in [0.1, 0.15) is 44.6 Å². The van der Waals surface area contributed by atoms with Crippen LogP contribution in [0.25, 0.3) is 0 Å². The maximum atomic E-state index is 14.3. The monoisotopic (exact) mass is 282 g/mol. The van der Waals surface area contributed by atoms with E-state index in [2.05, 4.69) is 0 Å². The highest BCUT2D eigenvalue weighted by molar-refractivity contribution is 5.51. The van der Waals surface area contributed by atoms with E-state index in [0.717, 1.165) is 25.7 Å². The van der Waals surface area contributed by atoms with E-state index >= 15 is 0 Å². The second-order valence-corrected chi connectivity index (χ2v) is 5.52. The molecule has 0 unspecified atom stereocenters. The van der Waals surface area contributed by atoms with Crippen molar-refractivity contribution in [2.24, 2.45) is 5.73 Å². The molecule has 1 saturated carbocycles. The van der Waals surface area contributed by atoms with Crippen LogP contribution in [0.3, 0.4) is 0 Å². The number of hydrogen-bond acceptors (Lipinski definition) is 2. The molecule has 20 heavy (non-hydrogen) atoms. The molecule has 1 aromatic carbocycles. The lowest BCUT2D eigenvalue weighted by Crippen LogP contribution is -2.38. The number of nitrogens with two attached hydrogens (primary N) is 1. The van der Waals surface area contributed by atoms with Crippen LogP contribution in [-0.4, -0.2) is 19.1 Å². The van der Waals surface area contributed by atoms with E-state index in [4.69, 9.17) is 5.73 Å². The van der Waals surface area contributed by atoms with Gasteiger partial charge in [-0.15, -0.1) is 0 Å². The fourth-order valence-electron chi connectivity index (χ4n) is 3.19. The molecule has 0 aliphatic heterocycles. The summed E-state index contributed by atoms with van der Waals surface area (Å²) in [6.07, 6.45) is 6.08. The zero-order valence-electron chi connectivity index (χ0n) is 12.2. The minimum Gasteiger partial charge on any atom is -0.364 e. The molecule has 1 fully saturated rings. The van der Waals surface area contributed by atoms with E-state index in [0.29, 0.717) is 25.1 Å². The Labute approximate surface area is 120 Å². The van der Waals surface area contributed by atoms with Crippen molar-refractivity contribution >= 4 is 5.69 Å². The van der Waals surface area contributed by atoms with E-state index in [1.54, 1.807) is 0 Å². The molecule has 0 aromatic heterocycles. The molecule has 1 aliphatic rings. The maximum Gasteiger partial charge on any atom is 0.149 e. The normalized spacial score (nSPS) is 16.4. The summed E-state index contributed by atoms with van der Waals surface area (Å²) in [5, 5.41) is 0. The molecular weight excluding hydrogens is 258 g/mol. The van der Waals surface area contributed by atoms with Crippen LogP contribution < -0.4 is 10.6 Å². The van der Waals surface area contributed by atoms with Gasteiger partial charge < -0.3 is 10.6 Å². The molecule has 0 bridgehead atoms. The molecule has 2 nitrogen and oxygen atoms in total. The summed E-state index contributed by atoms with van der Waals surface area (Å²) >= 11 is 0. The fourth-order valence-corrected chi connectivity index (χ4v) is 3.19. The third kappa shape index (κ3) is 3.29. The SMILES string of the molecule is CCN(c1c(F)cc(CCN)cc1F)C1CCCCC1. The Kier molecular flexibility index (Phi) is 5.35. The minimum absolute atomic E-state index is 0.139. The van der Waals surface area contributed by atoms with Crippen molar-refractivity contribution in [2.75, 3.05) is 18.0 Å². The molecule has 112 valence electrons. The molecule has 1 aliphatic carbocycles. The number of anilines is 1. The highest BCUT2D eigenvalue weighted by Crippen LogP contribution is 2.31. The van der Waals surface area contributed by atoms with Crippen molar-refractivity contribution in [1.82, 2.24) is 0 Å². The topological polar surface area (TPSA) is 29.3 Å². The van der Waals surface area contributed by atoms with Gasteiger partial charge in [-0.25, -0.2) is 8.78 Å². The van der Waals surface area contributed by atoms with Gasteiger partial charge in [-0.05, 0) is 50.4 Å². The summed E-state index contributed by atoms with van der Waals surface area (Å²) in [7, 11) is 0. The van der Waals surface area contributed by atoms with Crippen LogP contribution >= 0.6 is 0 Å². The first-order valence-electron chi connectivity index (χ1n) is 7.62. The lowest BCUT2D eigenvalue weighted by molar-refractivity contribution is 0.410.